The van der Waals surface area contributed by atoms with Crippen LogP contribution in [0.15, 0.2) is 28.3 Å². The summed E-state index contributed by atoms with van der Waals surface area (Å²) in [5.74, 6) is 0.135. The van der Waals surface area contributed by atoms with Gasteiger partial charge in [0.15, 0.2) is 0 Å². The number of thioether (sulfide) groups is 1. The molecule has 26 heavy (non-hydrogen) atoms. The molecule has 0 aliphatic rings. The molecule has 0 spiro atoms. The van der Waals surface area contributed by atoms with E-state index in [4.69, 9.17) is 4.74 Å². The molecule has 0 N–H and O–H groups in total. The Bertz CT molecular complexity index is 606. The molecule has 0 saturated carbocycles. The van der Waals surface area contributed by atoms with E-state index in [0.29, 0.717) is 23.2 Å². The molecular weight excluding hydrogens is 354 g/mol. The molecule has 0 aromatic heterocycles. The van der Waals surface area contributed by atoms with Gasteiger partial charge < -0.3 is 9.47 Å². The zero-order chi connectivity index (χ0) is 19.4. The first kappa shape index (κ1) is 22.2. The summed E-state index contributed by atoms with van der Waals surface area (Å²) in [6.45, 7) is 4.72. The van der Waals surface area contributed by atoms with Crippen molar-refractivity contribution in [2.75, 3.05) is 19.5 Å². The Labute approximate surface area is 159 Å². The van der Waals surface area contributed by atoms with Crippen molar-refractivity contribution in [3.63, 3.8) is 0 Å². The van der Waals surface area contributed by atoms with Gasteiger partial charge in [-0.3, -0.25) is 4.79 Å². The van der Waals surface area contributed by atoms with Gasteiger partial charge in [0.05, 0.1) is 25.7 Å². The molecule has 0 saturated heterocycles. The highest BCUT2D eigenvalue weighted by Gasteiger charge is 2.13. The van der Waals surface area contributed by atoms with Gasteiger partial charge in [0.25, 0.3) is 0 Å². The number of ether oxygens (including phenoxy) is 2. The molecule has 0 heterocycles. The summed E-state index contributed by atoms with van der Waals surface area (Å²) in [6, 6.07) is 4.59. The molecule has 0 fully saturated rings. The maximum atomic E-state index is 11.9. The van der Waals surface area contributed by atoms with Gasteiger partial charge in [-0.15, -0.1) is 16.7 Å². The minimum absolute atomic E-state index is 0.164. The highest BCUT2D eigenvalue weighted by atomic mass is 32.2. The molecule has 1 unspecified atom stereocenters. The topological polar surface area (TPSA) is 82.0 Å². The Hall–Kier alpha value is -1.89. The fraction of sp³-hybridized carbons (Fsp3) is 0.579. The first-order valence-electron chi connectivity index (χ1n) is 8.89. The number of nitrogens with zero attached hydrogens (tertiary/aromatic N) is 1. The highest BCUT2D eigenvalue weighted by molar-refractivity contribution is 7.99. The number of unbranched alkanes of at least 4 members (excludes halogenated alkanes) is 1. The Kier molecular flexibility index (Phi) is 10.6. The van der Waals surface area contributed by atoms with Crippen LogP contribution in [0.4, 0.5) is 5.69 Å². The predicted molar refractivity (Wildman–Crippen MR) is 103 cm³/mol. The fourth-order valence-electron chi connectivity index (χ4n) is 2.38. The summed E-state index contributed by atoms with van der Waals surface area (Å²) >= 11 is 1.34. The third-order valence-electron chi connectivity index (χ3n) is 4.07. The lowest BCUT2D eigenvalue weighted by Gasteiger charge is -2.14. The number of rotatable bonds is 12. The number of benzene rings is 1. The highest BCUT2D eigenvalue weighted by Crippen LogP contribution is 2.31. The van der Waals surface area contributed by atoms with E-state index >= 15 is 0 Å². The van der Waals surface area contributed by atoms with Gasteiger partial charge >= 0.3 is 11.9 Å². The van der Waals surface area contributed by atoms with Crippen molar-refractivity contribution >= 4 is 29.4 Å². The minimum Gasteiger partial charge on any atom is -0.465 e. The molecule has 1 aromatic rings. The number of hydrogen-bond donors (Lipinski definition) is 0. The van der Waals surface area contributed by atoms with Crippen molar-refractivity contribution < 1.29 is 19.1 Å². The van der Waals surface area contributed by atoms with Crippen molar-refractivity contribution in [2.24, 2.45) is 11.1 Å². The number of esters is 2. The van der Waals surface area contributed by atoms with Gasteiger partial charge in [-0.2, -0.15) is 0 Å². The molecule has 0 radical (unpaired) electrons. The molecule has 1 rings (SSSR count). The summed E-state index contributed by atoms with van der Waals surface area (Å²) in [7, 11) is 1.27. The van der Waals surface area contributed by atoms with Gasteiger partial charge in [-0.1, -0.05) is 33.1 Å². The first-order chi connectivity index (χ1) is 12.5. The number of nitroso groups, excluding NO2 is 1. The molecular formula is C19H27NO5S. The Morgan fingerprint density at radius 3 is 2.65 bits per heavy atom. The third kappa shape index (κ3) is 7.56. The summed E-state index contributed by atoms with van der Waals surface area (Å²) in [4.78, 5) is 35.0. The maximum Gasteiger partial charge on any atom is 0.337 e. The molecule has 0 amide bonds. The summed E-state index contributed by atoms with van der Waals surface area (Å²) in [6.07, 6.45) is 4.63. The second-order valence-electron chi connectivity index (χ2n) is 5.96. The van der Waals surface area contributed by atoms with E-state index in [0.717, 1.165) is 25.7 Å². The molecule has 0 bridgehead atoms. The minimum atomic E-state index is -0.524. The van der Waals surface area contributed by atoms with E-state index < -0.39 is 5.97 Å². The van der Waals surface area contributed by atoms with Crippen LogP contribution in [0.1, 0.15) is 56.3 Å². The third-order valence-corrected chi connectivity index (χ3v) is 5.13. The van der Waals surface area contributed by atoms with E-state index in [1.54, 1.807) is 12.1 Å². The quantitative estimate of drug-likeness (QED) is 0.284. The van der Waals surface area contributed by atoms with Crippen molar-refractivity contribution in [1.82, 2.24) is 0 Å². The Morgan fingerprint density at radius 2 is 2.04 bits per heavy atom. The van der Waals surface area contributed by atoms with Crippen LogP contribution in [-0.2, 0) is 14.3 Å². The molecule has 0 aliphatic carbocycles. The van der Waals surface area contributed by atoms with Crippen molar-refractivity contribution in [3.05, 3.63) is 28.7 Å². The number of carbonyl (C=O) groups excluding carboxylic acids is 2. The van der Waals surface area contributed by atoms with Crippen LogP contribution >= 0.6 is 11.8 Å². The SMILES string of the molecule is CCCCC(CC)COC(=O)CCSc1ccc(C(=O)OC)cc1N=O. The standard InChI is InChI=1S/C19H27NO5S/c1-4-6-7-14(5-2)13-25-18(21)10-11-26-17-9-8-15(19(22)24-3)12-16(17)20-23/h8-9,12,14H,4-7,10-11,13H2,1-3H3. The van der Waals surface area contributed by atoms with Crippen LogP contribution < -0.4 is 0 Å². The zero-order valence-corrected chi connectivity index (χ0v) is 16.5. The average Bonchev–Trinajstić information content (AvgIpc) is 2.67. The largest absolute Gasteiger partial charge is 0.465 e. The summed E-state index contributed by atoms with van der Waals surface area (Å²) in [5, 5.41) is 2.95. The molecule has 144 valence electrons. The summed E-state index contributed by atoms with van der Waals surface area (Å²) in [5.41, 5.74) is 0.431. The van der Waals surface area contributed by atoms with E-state index in [9.17, 15) is 14.5 Å². The monoisotopic (exact) mass is 381 g/mol. The number of carbonyl (C=O) groups is 2. The molecule has 0 aliphatic heterocycles. The lowest BCUT2D eigenvalue weighted by Crippen LogP contribution is -2.14. The van der Waals surface area contributed by atoms with Crippen LogP contribution in [0, 0.1) is 10.8 Å². The number of methoxy groups -OCH3 is 1. The normalized spacial score (nSPS) is 11.7. The number of hydrogen-bond acceptors (Lipinski definition) is 7. The lowest BCUT2D eigenvalue weighted by molar-refractivity contribution is -0.144. The van der Waals surface area contributed by atoms with Crippen LogP contribution in [0.5, 0.6) is 0 Å². The molecule has 7 heteroatoms. The van der Waals surface area contributed by atoms with E-state index in [1.807, 2.05) is 0 Å². The molecule has 6 nitrogen and oxygen atoms in total. The van der Waals surface area contributed by atoms with Gasteiger partial charge in [-0.05, 0) is 35.7 Å². The summed E-state index contributed by atoms with van der Waals surface area (Å²) < 4.78 is 9.97. The second-order valence-corrected chi connectivity index (χ2v) is 7.10. The molecule has 1 aromatic carbocycles. The van der Waals surface area contributed by atoms with Crippen LogP contribution in [0.2, 0.25) is 0 Å². The fourth-order valence-corrected chi connectivity index (χ4v) is 3.28. The van der Waals surface area contributed by atoms with E-state index in [2.05, 4.69) is 23.8 Å². The maximum absolute atomic E-state index is 11.9. The predicted octanol–water partition coefficient (Wildman–Crippen LogP) is 5.11. The smallest absolute Gasteiger partial charge is 0.337 e. The van der Waals surface area contributed by atoms with E-state index in [1.165, 1.54) is 24.9 Å². The van der Waals surface area contributed by atoms with Crippen LogP contribution in [0.25, 0.3) is 0 Å². The van der Waals surface area contributed by atoms with Crippen molar-refractivity contribution in [2.45, 2.75) is 50.8 Å². The van der Waals surface area contributed by atoms with Gasteiger partial charge in [0.1, 0.15) is 5.69 Å². The average molecular weight is 381 g/mol. The Morgan fingerprint density at radius 1 is 1.27 bits per heavy atom. The lowest BCUT2D eigenvalue weighted by atomic mass is 10.0. The van der Waals surface area contributed by atoms with Gasteiger partial charge in [-0.25, -0.2) is 4.79 Å². The van der Waals surface area contributed by atoms with Gasteiger partial charge in [0.2, 0.25) is 0 Å². The zero-order valence-electron chi connectivity index (χ0n) is 15.7. The van der Waals surface area contributed by atoms with Crippen molar-refractivity contribution in [3.8, 4) is 0 Å². The second kappa shape index (κ2) is 12.5. The van der Waals surface area contributed by atoms with E-state index in [-0.39, 0.29) is 23.6 Å². The van der Waals surface area contributed by atoms with Crippen LogP contribution in [-0.4, -0.2) is 31.4 Å². The van der Waals surface area contributed by atoms with Crippen LogP contribution in [0.3, 0.4) is 0 Å². The van der Waals surface area contributed by atoms with Gasteiger partial charge in [0, 0.05) is 10.6 Å². The molecule has 1 atom stereocenters. The van der Waals surface area contributed by atoms with Crippen molar-refractivity contribution in [1.29, 1.82) is 0 Å². The first-order valence-corrected chi connectivity index (χ1v) is 9.88. The Balaban J connectivity index is 2.45.